The number of rotatable bonds is 10. The number of ether oxygens (including phenoxy) is 1. The fraction of sp³-hybridized carbons (Fsp3) is 0.526. The third-order valence-electron chi connectivity index (χ3n) is 4.43. The molecule has 2 rings (SSSR count). The lowest BCUT2D eigenvalue weighted by Crippen LogP contribution is -2.54. The van der Waals surface area contributed by atoms with Crippen LogP contribution in [-0.2, 0) is 9.59 Å². The molecule has 0 aromatic heterocycles. The maximum Gasteiger partial charge on any atom is 0.305 e. The van der Waals surface area contributed by atoms with Gasteiger partial charge in [-0.05, 0) is 49.9 Å². The second kappa shape index (κ2) is 8.65. The van der Waals surface area contributed by atoms with Gasteiger partial charge in [-0.1, -0.05) is 6.92 Å². The van der Waals surface area contributed by atoms with Crippen molar-refractivity contribution in [2.24, 2.45) is 0 Å². The van der Waals surface area contributed by atoms with Crippen LogP contribution in [0.25, 0.3) is 0 Å². The van der Waals surface area contributed by atoms with Crippen LogP contribution >= 0.6 is 0 Å². The summed E-state index contributed by atoms with van der Waals surface area (Å²) < 4.78 is 5.47. The highest BCUT2D eigenvalue weighted by Crippen LogP contribution is 2.35. The number of carboxylic acids is 1. The van der Waals surface area contributed by atoms with Crippen LogP contribution in [0.2, 0.25) is 0 Å². The van der Waals surface area contributed by atoms with Gasteiger partial charge in [0.25, 0.3) is 0 Å². The first-order valence-electron chi connectivity index (χ1n) is 8.73. The average Bonchev–Trinajstić information content (AvgIpc) is 2.56. The summed E-state index contributed by atoms with van der Waals surface area (Å²) in [6.07, 6.45) is 3.29. The van der Waals surface area contributed by atoms with Crippen LogP contribution in [0.1, 0.15) is 62.2 Å². The fourth-order valence-corrected chi connectivity index (χ4v) is 2.93. The Morgan fingerprint density at radius 2 is 1.84 bits per heavy atom. The Bertz CT molecular complexity index is 619. The standard InChI is InChI=1S/C19H25NO5/c1-2-12-25-15-6-4-14(5-7-15)16(21)8-9-17(22)20-19(10-3-11-19)13-18(23)24/h4-7H,2-3,8-13H2,1H3,(H,20,22)(H,23,24). The molecule has 2 N–H and O–H groups in total. The predicted octanol–water partition coefficient (Wildman–Crippen LogP) is 2.95. The molecular weight excluding hydrogens is 322 g/mol. The number of Topliss-reactive ketones (excluding diaryl/α,β-unsaturated/α-hetero) is 1. The molecule has 0 atom stereocenters. The maximum absolute atomic E-state index is 12.2. The zero-order chi connectivity index (χ0) is 18.3. The van der Waals surface area contributed by atoms with E-state index >= 15 is 0 Å². The molecule has 0 aliphatic heterocycles. The Hall–Kier alpha value is -2.37. The minimum absolute atomic E-state index is 0.0636. The second-order valence-electron chi connectivity index (χ2n) is 6.55. The third kappa shape index (κ3) is 5.59. The van der Waals surface area contributed by atoms with Gasteiger partial charge in [-0.15, -0.1) is 0 Å². The number of carbonyl (C=O) groups is 3. The molecule has 0 spiro atoms. The van der Waals surface area contributed by atoms with Crippen molar-refractivity contribution in [2.75, 3.05) is 6.61 Å². The summed E-state index contributed by atoms with van der Waals surface area (Å²) in [4.78, 5) is 35.2. The van der Waals surface area contributed by atoms with Gasteiger partial charge in [-0.2, -0.15) is 0 Å². The lowest BCUT2D eigenvalue weighted by atomic mass is 9.74. The Balaban J connectivity index is 1.80. The van der Waals surface area contributed by atoms with Gasteiger partial charge in [0.2, 0.25) is 5.91 Å². The van der Waals surface area contributed by atoms with Crippen LogP contribution in [0.5, 0.6) is 5.75 Å². The smallest absolute Gasteiger partial charge is 0.305 e. The van der Waals surface area contributed by atoms with Gasteiger partial charge in [-0.25, -0.2) is 0 Å². The Kier molecular flexibility index (Phi) is 6.56. The molecule has 0 saturated heterocycles. The number of amides is 1. The second-order valence-corrected chi connectivity index (χ2v) is 6.55. The molecule has 25 heavy (non-hydrogen) atoms. The van der Waals surface area contributed by atoms with Gasteiger partial charge in [0.1, 0.15) is 5.75 Å². The minimum Gasteiger partial charge on any atom is -0.494 e. The largest absolute Gasteiger partial charge is 0.494 e. The molecule has 0 heterocycles. The summed E-state index contributed by atoms with van der Waals surface area (Å²) >= 11 is 0. The van der Waals surface area contributed by atoms with Gasteiger partial charge in [-0.3, -0.25) is 14.4 Å². The molecule has 1 aliphatic carbocycles. The van der Waals surface area contributed by atoms with Crippen molar-refractivity contribution in [1.29, 1.82) is 0 Å². The molecule has 1 fully saturated rings. The van der Waals surface area contributed by atoms with Gasteiger partial charge in [0.05, 0.1) is 18.6 Å². The van der Waals surface area contributed by atoms with E-state index in [2.05, 4.69) is 5.32 Å². The Labute approximate surface area is 147 Å². The minimum atomic E-state index is -0.915. The van der Waals surface area contributed by atoms with E-state index in [1.165, 1.54) is 0 Å². The van der Waals surface area contributed by atoms with Crippen molar-refractivity contribution in [1.82, 2.24) is 5.32 Å². The number of hydrogen-bond acceptors (Lipinski definition) is 4. The van der Waals surface area contributed by atoms with Crippen molar-refractivity contribution in [3.8, 4) is 5.75 Å². The van der Waals surface area contributed by atoms with E-state index in [0.29, 0.717) is 25.0 Å². The SMILES string of the molecule is CCCOc1ccc(C(=O)CCC(=O)NC2(CC(=O)O)CCC2)cc1. The van der Waals surface area contributed by atoms with E-state index in [1.54, 1.807) is 24.3 Å². The number of carboxylic acid groups (broad SMARTS) is 1. The van der Waals surface area contributed by atoms with Crippen molar-refractivity contribution >= 4 is 17.7 Å². The molecular formula is C19H25NO5. The van der Waals surface area contributed by atoms with Gasteiger partial charge >= 0.3 is 5.97 Å². The van der Waals surface area contributed by atoms with Crippen LogP contribution in [0, 0.1) is 0 Å². The maximum atomic E-state index is 12.2. The van der Waals surface area contributed by atoms with Gasteiger partial charge in [0.15, 0.2) is 5.78 Å². The summed E-state index contributed by atoms with van der Waals surface area (Å²) in [5.41, 5.74) is -0.0786. The lowest BCUT2D eigenvalue weighted by molar-refractivity contribution is -0.140. The van der Waals surface area contributed by atoms with Crippen molar-refractivity contribution in [3.63, 3.8) is 0 Å². The third-order valence-corrected chi connectivity index (χ3v) is 4.43. The summed E-state index contributed by atoms with van der Waals surface area (Å²) in [6, 6.07) is 6.89. The molecule has 0 radical (unpaired) electrons. The van der Waals surface area contributed by atoms with Crippen molar-refractivity contribution in [3.05, 3.63) is 29.8 Å². The van der Waals surface area contributed by atoms with E-state index in [4.69, 9.17) is 9.84 Å². The fourth-order valence-electron chi connectivity index (χ4n) is 2.93. The molecule has 6 heteroatoms. The number of carbonyl (C=O) groups excluding carboxylic acids is 2. The first-order chi connectivity index (χ1) is 11.9. The number of benzene rings is 1. The Morgan fingerprint density at radius 3 is 2.36 bits per heavy atom. The molecule has 0 bridgehead atoms. The monoisotopic (exact) mass is 347 g/mol. The summed E-state index contributed by atoms with van der Waals surface area (Å²) in [7, 11) is 0. The van der Waals surface area contributed by atoms with E-state index in [9.17, 15) is 14.4 Å². The molecule has 1 aromatic carbocycles. The van der Waals surface area contributed by atoms with Gasteiger partial charge in [0, 0.05) is 18.4 Å². The van der Waals surface area contributed by atoms with E-state index in [0.717, 1.165) is 18.6 Å². The average molecular weight is 347 g/mol. The molecule has 136 valence electrons. The highest BCUT2D eigenvalue weighted by molar-refractivity contribution is 5.98. The highest BCUT2D eigenvalue weighted by atomic mass is 16.5. The summed E-state index contributed by atoms with van der Waals surface area (Å²) in [5.74, 6) is -0.575. The zero-order valence-electron chi connectivity index (χ0n) is 14.5. The van der Waals surface area contributed by atoms with Crippen LogP contribution in [0.3, 0.4) is 0 Å². The van der Waals surface area contributed by atoms with Crippen LogP contribution < -0.4 is 10.1 Å². The van der Waals surface area contributed by atoms with Crippen LogP contribution in [-0.4, -0.2) is 34.9 Å². The summed E-state index contributed by atoms with van der Waals surface area (Å²) in [6.45, 7) is 2.65. The van der Waals surface area contributed by atoms with E-state index in [-0.39, 0.29) is 31.0 Å². The van der Waals surface area contributed by atoms with Crippen molar-refractivity contribution < 1.29 is 24.2 Å². The number of nitrogens with one attached hydrogen (secondary N) is 1. The number of aliphatic carboxylic acids is 1. The Morgan fingerprint density at radius 1 is 1.16 bits per heavy atom. The quantitative estimate of drug-likeness (QED) is 0.635. The molecule has 6 nitrogen and oxygen atoms in total. The van der Waals surface area contributed by atoms with E-state index < -0.39 is 11.5 Å². The topological polar surface area (TPSA) is 92.7 Å². The lowest BCUT2D eigenvalue weighted by Gasteiger charge is -2.41. The molecule has 1 saturated carbocycles. The highest BCUT2D eigenvalue weighted by Gasteiger charge is 2.40. The van der Waals surface area contributed by atoms with Gasteiger partial charge < -0.3 is 15.2 Å². The molecule has 1 amide bonds. The first kappa shape index (κ1) is 19.0. The predicted molar refractivity (Wildman–Crippen MR) is 92.8 cm³/mol. The molecule has 1 aromatic rings. The zero-order valence-corrected chi connectivity index (χ0v) is 14.5. The summed E-state index contributed by atoms with van der Waals surface area (Å²) in [5, 5.41) is 11.8. The molecule has 0 unspecified atom stereocenters. The van der Waals surface area contributed by atoms with Crippen molar-refractivity contribution in [2.45, 2.75) is 57.4 Å². The normalized spacial score (nSPS) is 15.1. The molecule has 1 aliphatic rings. The number of hydrogen-bond donors (Lipinski definition) is 2. The number of ketones is 1. The first-order valence-corrected chi connectivity index (χ1v) is 8.73. The van der Waals surface area contributed by atoms with Crippen LogP contribution in [0.4, 0.5) is 0 Å². The van der Waals surface area contributed by atoms with Crippen LogP contribution in [0.15, 0.2) is 24.3 Å². The van der Waals surface area contributed by atoms with E-state index in [1.807, 2.05) is 6.92 Å².